The van der Waals surface area contributed by atoms with Gasteiger partial charge in [0.1, 0.15) is 11.7 Å². The van der Waals surface area contributed by atoms with Crippen LogP contribution in [0.5, 0.6) is 0 Å². The third kappa shape index (κ3) is 9.68. The Kier molecular flexibility index (Phi) is 12.4. The van der Waals surface area contributed by atoms with Crippen molar-refractivity contribution in [2.45, 2.75) is 45.2 Å². The number of rotatable bonds is 12. The van der Waals surface area contributed by atoms with Crippen molar-refractivity contribution in [3.05, 3.63) is 47.8 Å². The van der Waals surface area contributed by atoms with Crippen LogP contribution in [0.1, 0.15) is 48.8 Å². The number of aliphatic carboxylic acids is 1. The predicted molar refractivity (Wildman–Crippen MR) is 162 cm³/mol. The molecule has 2 N–H and O–H groups in total. The highest BCUT2D eigenvalue weighted by molar-refractivity contribution is 5.96. The number of carboxylic acid groups (broad SMARTS) is 1. The highest BCUT2D eigenvalue weighted by atomic mass is 16.8. The summed E-state index contributed by atoms with van der Waals surface area (Å²) in [4.78, 5) is 80.1. The third-order valence-corrected chi connectivity index (χ3v) is 7.82. The number of benzene rings is 1. The van der Waals surface area contributed by atoms with Crippen LogP contribution in [0, 0.1) is 5.92 Å². The molecule has 3 heterocycles. The van der Waals surface area contributed by atoms with Crippen molar-refractivity contribution in [3.63, 3.8) is 0 Å². The first-order chi connectivity index (χ1) is 22.2. The van der Waals surface area contributed by atoms with Gasteiger partial charge < -0.3 is 29.6 Å². The molecule has 0 radical (unpaired) electrons. The lowest BCUT2D eigenvalue weighted by Gasteiger charge is -2.35. The maximum absolute atomic E-state index is 13.6. The van der Waals surface area contributed by atoms with Gasteiger partial charge in [-0.1, -0.05) is 30.3 Å². The van der Waals surface area contributed by atoms with Crippen molar-refractivity contribution in [3.8, 4) is 11.4 Å². The van der Waals surface area contributed by atoms with E-state index in [1.54, 1.807) is 13.0 Å². The Hall–Kier alpha value is -4.63. The average molecular weight is 641 g/mol. The second-order valence-electron chi connectivity index (χ2n) is 11.0. The van der Waals surface area contributed by atoms with Gasteiger partial charge in [0, 0.05) is 31.6 Å². The number of nitrogens with zero attached hydrogens (tertiary/aromatic N) is 5. The fraction of sp³-hybridized carbons (Fsp3) is 0.516. The van der Waals surface area contributed by atoms with E-state index < -0.39 is 30.0 Å². The Bertz CT molecular complexity index is 1380. The van der Waals surface area contributed by atoms with Gasteiger partial charge >= 0.3 is 18.1 Å². The van der Waals surface area contributed by atoms with Crippen molar-refractivity contribution in [1.29, 1.82) is 0 Å². The van der Waals surface area contributed by atoms with Gasteiger partial charge in [0.2, 0.25) is 5.91 Å². The molecule has 0 saturated carbocycles. The number of piperidine rings is 1. The quantitative estimate of drug-likeness (QED) is 0.321. The molecule has 46 heavy (non-hydrogen) atoms. The van der Waals surface area contributed by atoms with Crippen LogP contribution in [0.2, 0.25) is 0 Å². The van der Waals surface area contributed by atoms with Crippen LogP contribution in [-0.2, 0) is 35.2 Å². The second kappa shape index (κ2) is 16.6. The van der Waals surface area contributed by atoms with E-state index in [1.807, 2.05) is 30.3 Å². The summed E-state index contributed by atoms with van der Waals surface area (Å²) in [6.45, 7) is 4.36. The number of nitrogens with one attached hydrogen (secondary N) is 1. The van der Waals surface area contributed by atoms with Crippen molar-refractivity contribution in [1.82, 2.24) is 30.1 Å². The van der Waals surface area contributed by atoms with E-state index in [0.717, 1.165) is 0 Å². The van der Waals surface area contributed by atoms with Gasteiger partial charge in [-0.05, 0) is 45.3 Å². The molecule has 2 aliphatic rings. The summed E-state index contributed by atoms with van der Waals surface area (Å²) in [6.07, 6.45) is -0.00825. The fourth-order valence-electron chi connectivity index (χ4n) is 5.36. The Balaban J connectivity index is 1.49. The zero-order valence-corrected chi connectivity index (χ0v) is 26.1. The molecule has 0 unspecified atom stereocenters. The lowest BCUT2D eigenvalue weighted by molar-refractivity contribution is -0.157. The zero-order chi connectivity index (χ0) is 33.1. The number of hydrogen-bond donors (Lipinski definition) is 2. The van der Waals surface area contributed by atoms with E-state index >= 15 is 0 Å². The molecule has 4 rings (SSSR count). The van der Waals surface area contributed by atoms with Gasteiger partial charge in [-0.3, -0.25) is 24.1 Å². The number of likely N-dealkylation sites (tertiary alicyclic amines) is 1. The number of hydroxylamine groups is 2. The van der Waals surface area contributed by atoms with Gasteiger partial charge in [0.15, 0.2) is 5.82 Å². The summed E-state index contributed by atoms with van der Waals surface area (Å²) in [5, 5.41) is 13.4. The van der Waals surface area contributed by atoms with Crippen LogP contribution in [-0.4, -0.2) is 119 Å². The Morgan fingerprint density at radius 2 is 1.70 bits per heavy atom. The maximum atomic E-state index is 13.6. The largest absolute Gasteiger partial charge is 0.527 e. The molecule has 15 heteroatoms. The summed E-state index contributed by atoms with van der Waals surface area (Å²) in [7, 11) is 1.39. The third-order valence-electron chi connectivity index (χ3n) is 7.82. The molecule has 1 aromatic carbocycles. The van der Waals surface area contributed by atoms with Crippen LogP contribution < -0.4 is 5.32 Å². The van der Waals surface area contributed by atoms with Gasteiger partial charge in [0.25, 0.3) is 5.91 Å². The van der Waals surface area contributed by atoms with E-state index in [9.17, 15) is 29.1 Å². The van der Waals surface area contributed by atoms with Gasteiger partial charge in [-0.15, -0.1) is 5.06 Å². The molecular formula is C31H40N6O9. The first-order valence-electron chi connectivity index (χ1n) is 15.3. The monoisotopic (exact) mass is 640 g/mol. The molecule has 2 aromatic rings. The average Bonchev–Trinajstić information content (AvgIpc) is 3.06. The molecule has 0 spiro atoms. The SMILES string of the molecule is CCOC(=O)ON1CCN(C(=O)[C@H](CCC(=O)O)NC(=O)c2cc(CN3CCC(C(=O)OC)CC3)nc(-c3ccccc3)n2)CC1. The summed E-state index contributed by atoms with van der Waals surface area (Å²) in [5.74, 6) is -2.23. The van der Waals surface area contributed by atoms with E-state index in [0.29, 0.717) is 49.6 Å². The van der Waals surface area contributed by atoms with Gasteiger partial charge in [0.05, 0.1) is 38.4 Å². The highest BCUT2D eigenvalue weighted by Crippen LogP contribution is 2.22. The molecule has 248 valence electrons. The molecule has 2 aliphatic heterocycles. The van der Waals surface area contributed by atoms with E-state index in [-0.39, 0.29) is 63.2 Å². The maximum Gasteiger partial charge on any atom is 0.527 e. The highest BCUT2D eigenvalue weighted by Gasteiger charge is 2.31. The molecule has 2 saturated heterocycles. The Morgan fingerprint density at radius 3 is 2.33 bits per heavy atom. The first-order valence-corrected chi connectivity index (χ1v) is 15.3. The number of carbonyl (C=O) groups is 5. The molecule has 1 aromatic heterocycles. The van der Waals surface area contributed by atoms with Crippen LogP contribution in [0.25, 0.3) is 11.4 Å². The number of esters is 1. The van der Waals surface area contributed by atoms with E-state index in [4.69, 9.17) is 19.3 Å². The molecule has 15 nitrogen and oxygen atoms in total. The minimum atomic E-state index is -1.13. The first kappa shape index (κ1) is 34.2. The zero-order valence-electron chi connectivity index (χ0n) is 26.1. The number of amides is 2. The Morgan fingerprint density at radius 1 is 1.00 bits per heavy atom. The summed E-state index contributed by atoms with van der Waals surface area (Å²) in [6, 6.07) is 9.62. The number of aromatic nitrogens is 2. The molecule has 2 fully saturated rings. The topological polar surface area (TPSA) is 181 Å². The summed E-state index contributed by atoms with van der Waals surface area (Å²) >= 11 is 0. The van der Waals surface area contributed by atoms with Crippen molar-refractivity contribution < 1.29 is 43.4 Å². The van der Waals surface area contributed by atoms with Crippen LogP contribution in [0.4, 0.5) is 4.79 Å². The van der Waals surface area contributed by atoms with Crippen molar-refractivity contribution in [2.75, 3.05) is 53.0 Å². The normalized spacial score (nSPS) is 16.7. The van der Waals surface area contributed by atoms with Crippen molar-refractivity contribution >= 4 is 29.9 Å². The van der Waals surface area contributed by atoms with Crippen LogP contribution >= 0.6 is 0 Å². The minimum absolute atomic E-state index is 0.0362. The lowest BCUT2D eigenvalue weighted by atomic mass is 9.97. The lowest BCUT2D eigenvalue weighted by Crippen LogP contribution is -2.55. The van der Waals surface area contributed by atoms with Gasteiger partial charge in [-0.25, -0.2) is 14.8 Å². The van der Waals surface area contributed by atoms with Gasteiger partial charge in [-0.2, -0.15) is 0 Å². The van der Waals surface area contributed by atoms with Crippen LogP contribution in [0.3, 0.4) is 0 Å². The number of methoxy groups -OCH3 is 1. The number of carbonyl (C=O) groups excluding carboxylic acids is 4. The standard InChI is InChI=1S/C31H40N6O9/c1-3-45-31(43)46-37-17-15-36(16-18-37)29(41)24(9-10-26(38)39)34-28(40)25-19-23(32-27(33-25)21-7-5-4-6-8-21)20-35-13-11-22(12-14-35)30(42)44-2/h4-8,19,22,24H,3,9-18,20H2,1-2H3,(H,34,40)(H,38,39)/t24-/m0/s1. The number of ether oxygens (including phenoxy) is 2. The number of piperazine rings is 1. The van der Waals surface area contributed by atoms with Crippen LogP contribution in [0.15, 0.2) is 36.4 Å². The molecular weight excluding hydrogens is 600 g/mol. The molecule has 1 atom stereocenters. The smallest absolute Gasteiger partial charge is 0.481 e. The van der Waals surface area contributed by atoms with E-state index in [2.05, 4.69) is 15.2 Å². The molecule has 0 aliphatic carbocycles. The number of hydrogen-bond acceptors (Lipinski definition) is 12. The fourth-order valence-corrected chi connectivity index (χ4v) is 5.36. The molecule has 2 amide bonds. The minimum Gasteiger partial charge on any atom is -0.481 e. The summed E-state index contributed by atoms with van der Waals surface area (Å²) in [5.41, 5.74) is 1.32. The Labute approximate surface area is 266 Å². The van der Waals surface area contributed by atoms with Crippen molar-refractivity contribution in [2.24, 2.45) is 5.92 Å². The number of carboxylic acids is 1. The molecule has 0 bridgehead atoms. The predicted octanol–water partition coefficient (Wildman–Crippen LogP) is 1.72. The van der Waals surface area contributed by atoms with E-state index in [1.165, 1.54) is 17.1 Å². The second-order valence-corrected chi connectivity index (χ2v) is 11.0. The summed E-state index contributed by atoms with van der Waals surface area (Å²) < 4.78 is 9.67.